The molecule has 0 saturated carbocycles. The van der Waals surface area contributed by atoms with E-state index in [9.17, 15) is 0 Å². The fourth-order valence-corrected chi connectivity index (χ4v) is 5.83. The first kappa shape index (κ1) is 24.1. The van der Waals surface area contributed by atoms with Crippen molar-refractivity contribution in [3.63, 3.8) is 0 Å². The number of hydrogen-bond donors (Lipinski definition) is 2. The number of methoxy groups -OCH3 is 1. The van der Waals surface area contributed by atoms with Crippen LogP contribution in [0.3, 0.4) is 0 Å². The Morgan fingerprint density at radius 3 is 2.62 bits per heavy atom. The normalized spacial score (nSPS) is 17.9. The molecule has 2 aliphatic heterocycles. The number of aromatic nitrogens is 5. The first-order chi connectivity index (χ1) is 18.0. The van der Waals surface area contributed by atoms with Crippen LogP contribution in [0.1, 0.15) is 51.0 Å². The fraction of sp³-hybridized carbons (Fsp3) is 0.519. The van der Waals surface area contributed by atoms with Gasteiger partial charge in [0.1, 0.15) is 6.33 Å². The molecule has 196 valence electrons. The van der Waals surface area contributed by atoms with Crippen molar-refractivity contribution in [3.8, 4) is 17.0 Å². The zero-order valence-electron chi connectivity index (χ0n) is 21.6. The van der Waals surface area contributed by atoms with Gasteiger partial charge < -0.3 is 24.7 Å². The number of nitrogens with zero attached hydrogens (tertiary/aromatic N) is 5. The second kappa shape index (κ2) is 9.90. The molecule has 0 aromatic carbocycles. The summed E-state index contributed by atoms with van der Waals surface area (Å²) in [6.07, 6.45) is 9.24. The fourth-order valence-electron chi connectivity index (χ4n) is 5.83. The molecule has 2 saturated heterocycles. The standard InChI is InChI=1S/C27H34FN7O2/c1-16(2)22-23-20(33-25(22)17-12-21(36-3)26-30-15-31-35(26)14-17)13-29-27(24(23)28)34-8-4-18(5-9-34)32-19-6-10-37-11-7-19/h12-16,18-19,32-33H,4-11H2,1-3H3. The van der Waals surface area contributed by atoms with Gasteiger partial charge in [-0.05, 0) is 43.2 Å². The predicted molar refractivity (Wildman–Crippen MR) is 141 cm³/mol. The molecule has 6 rings (SSSR count). The number of ether oxygens (including phenoxy) is 2. The minimum absolute atomic E-state index is 0.0837. The van der Waals surface area contributed by atoms with Crippen molar-refractivity contribution in [2.24, 2.45) is 0 Å². The maximum atomic E-state index is 16.2. The third-order valence-corrected chi connectivity index (χ3v) is 7.71. The Labute approximate surface area is 215 Å². The van der Waals surface area contributed by atoms with Gasteiger partial charge in [0.15, 0.2) is 23.0 Å². The topological polar surface area (TPSA) is 92.6 Å². The average molecular weight is 508 g/mol. The summed E-state index contributed by atoms with van der Waals surface area (Å²) in [5.74, 6) is 0.877. The Morgan fingerprint density at radius 1 is 1.14 bits per heavy atom. The van der Waals surface area contributed by atoms with Crippen LogP contribution < -0.4 is 15.0 Å². The molecule has 2 N–H and O–H groups in total. The second-order valence-corrected chi connectivity index (χ2v) is 10.4. The lowest BCUT2D eigenvalue weighted by atomic mass is 9.96. The molecule has 0 unspecified atom stereocenters. The molecule has 0 bridgehead atoms. The number of hydrogen-bond acceptors (Lipinski definition) is 7. The highest BCUT2D eigenvalue weighted by atomic mass is 19.1. The number of piperidine rings is 1. The van der Waals surface area contributed by atoms with Crippen LogP contribution in [0.25, 0.3) is 27.8 Å². The summed E-state index contributed by atoms with van der Waals surface area (Å²) in [4.78, 5) is 14.4. The third kappa shape index (κ3) is 4.42. The number of rotatable bonds is 6. The molecule has 2 fully saturated rings. The average Bonchev–Trinajstić information content (AvgIpc) is 3.55. The predicted octanol–water partition coefficient (Wildman–Crippen LogP) is 4.28. The summed E-state index contributed by atoms with van der Waals surface area (Å²) < 4.78 is 28.9. The van der Waals surface area contributed by atoms with Crippen molar-refractivity contribution in [1.82, 2.24) is 29.9 Å². The summed E-state index contributed by atoms with van der Waals surface area (Å²) in [6, 6.07) is 2.90. The Bertz CT molecular complexity index is 1400. The van der Waals surface area contributed by atoms with Crippen molar-refractivity contribution in [2.45, 2.75) is 57.5 Å². The van der Waals surface area contributed by atoms with Crippen LogP contribution >= 0.6 is 0 Å². The maximum Gasteiger partial charge on any atom is 0.197 e. The van der Waals surface area contributed by atoms with E-state index >= 15 is 4.39 Å². The van der Waals surface area contributed by atoms with Gasteiger partial charge in [-0.2, -0.15) is 5.10 Å². The van der Waals surface area contributed by atoms with Crippen molar-refractivity contribution >= 4 is 22.4 Å². The second-order valence-electron chi connectivity index (χ2n) is 10.4. The highest BCUT2D eigenvalue weighted by molar-refractivity contribution is 5.93. The van der Waals surface area contributed by atoms with Crippen LogP contribution in [-0.4, -0.2) is 70.1 Å². The summed E-state index contributed by atoms with van der Waals surface area (Å²) in [7, 11) is 1.61. The minimum atomic E-state index is -0.256. The van der Waals surface area contributed by atoms with Gasteiger partial charge in [0.25, 0.3) is 0 Å². The molecule has 0 spiro atoms. The van der Waals surface area contributed by atoms with Crippen molar-refractivity contribution in [1.29, 1.82) is 0 Å². The van der Waals surface area contributed by atoms with Gasteiger partial charge in [-0.15, -0.1) is 0 Å². The zero-order chi connectivity index (χ0) is 25.5. The van der Waals surface area contributed by atoms with Crippen LogP contribution in [0.15, 0.2) is 24.8 Å². The van der Waals surface area contributed by atoms with Crippen molar-refractivity contribution < 1.29 is 13.9 Å². The van der Waals surface area contributed by atoms with Crippen molar-refractivity contribution in [2.75, 3.05) is 38.3 Å². The van der Waals surface area contributed by atoms with E-state index in [0.717, 1.165) is 68.8 Å². The number of halogens is 1. The van der Waals surface area contributed by atoms with Crippen LogP contribution in [-0.2, 0) is 4.74 Å². The van der Waals surface area contributed by atoms with Gasteiger partial charge in [-0.1, -0.05) is 13.8 Å². The van der Waals surface area contributed by atoms with Crippen LogP contribution in [0.2, 0.25) is 0 Å². The number of H-pyrrole nitrogens is 1. The summed E-state index contributed by atoms with van der Waals surface area (Å²) in [5.41, 5.74) is 3.95. The molecular formula is C27H34FN7O2. The smallest absolute Gasteiger partial charge is 0.197 e. The third-order valence-electron chi connectivity index (χ3n) is 7.71. The van der Waals surface area contributed by atoms with E-state index in [1.54, 1.807) is 17.8 Å². The number of anilines is 1. The Kier molecular flexibility index (Phi) is 6.46. The maximum absolute atomic E-state index is 16.2. The molecule has 0 amide bonds. The van der Waals surface area contributed by atoms with E-state index in [1.165, 1.54) is 6.33 Å². The summed E-state index contributed by atoms with van der Waals surface area (Å²) in [5, 5.41) is 8.68. The van der Waals surface area contributed by atoms with Gasteiger partial charge in [-0.3, -0.25) is 0 Å². The summed E-state index contributed by atoms with van der Waals surface area (Å²) >= 11 is 0. The van der Waals surface area contributed by atoms with Gasteiger partial charge in [0, 0.05) is 55.5 Å². The summed E-state index contributed by atoms with van der Waals surface area (Å²) in [6.45, 7) is 7.41. The molecule has 9 nitrogen and oxygen atoms in total. The molecule has 10 heteroatoms. The van der Waals surface area contributed by atoms with Gasteiger partial charge in [-0.25, -0.2) is 18.9 Å². The van der Waals surface area contributed by atoms with E-state index in [-0.39, 0.29) is 11.7 Å². The van der Waals surface area contributed by atoms with E-state index in [0.29, 0.717) is 40.2 Å². The highest BCUT2D eigenvalue weighted by Gasteiger charge is 2.28. The molecule has 4 aromatic rings. The number of nitrogens with one attached hydrogen (secondary N) is 2. The Hall–Kier alpha value is -3.24. The minimum Gasteiger partial charge on any atom is -0.493 e. The van der Waals surface area contributed by atoms with Gasteiger partial charge in [0.05, 0.1) is 24.5 Å². The highest BCUT2D eigenvalue weighted by Crippen LogP contribution is 2.40. The molecule has 4 aromatic heterocycles. The molecule has 0 radical (unpaired) electrons. The largest absolute Gasteiger partial charge is 0.493 e. The lowest BCUT2D eigenvalue weighted by Crippen LogP contribution is -2.48. The molecule has 6 heterocycles. The van der Waals surface area contributed by atoms with Gasteiger partial charge >= 0.3 is 0 Å². The van der Waals surface area contributed by atoms with E-state index in [1.807, 2.05) is 12.3 Å². The number of pyridine rings is 2. The van der Waals surface area contributed by atoms with Crippen LogP contribution in [0, 0.1) is 5.82 Å². The lowest BCUT2D eigenvalue weighted by molar-refractivity contribution is 0.0738. The Balaban J connectivity index is 1.31. The number of aromatic amines is 1. The van der Waals surface area contributed by atoms with E-state index in [2.05, 4.69) is 44.1 Å². The molecule has 0 atom stereocenters. The number of fused-ring (bicyclic) bond motifs is 2. The monoisotopic (exact) mass is 507 g/mol. The first-order valence-electron chi connectivity index (χ1n) is 13.2. The zero-order valence-corrected chi connectivity index (χ0v) is 21.6. The SMILES string of the molecule is COc1cc(-c2[nH]c3cnc(N4CCC(NC5CCOCC5)CC4)c(F)c3c2C(C)C)cn2ncnc12. The molecule has 2 aliphatic rings. The molecule has 0 aliphatic carbocycles. The van der Waals surface area contributed by atoms with Crippen LogP contribution in [0.5, 0.6) is 5.75 Å². The van der Waals surface area contributed by atoms with Gasteiger partial charge in [0.2, 0.25) is 0 Å². The van der Waals surface area contributed by atoms with Crippen molar-refractivity contribution in [3.05, 3.63) is 36.2 Å². The molecule has 37 heavy (non-hydrogen) atoms. The van der Waals surface area contributed by atoms with E-state index < -0.39 is 0 Å². The lowest BCUT2D eigenvalue weighted by Gasteiger charge is -2.36. The first-order valence-corrected chi connectivity index (χ1v) is 13.2. The molecular weight excluding hydrogens is 473 g/mol. The quantitative estimate of drug-likeness (QED) is 0.402. The van der Waals surface area contributed by atoms with E-state index in [4.69, 9.17) is 9.47 Å². The Morgan fingerprint density at radius 2 is 1.89 bits per heavy atom. The van der Waals surface area contributed by atoms with Crippen LogP contribution in [0.4, 0.5) is 10.2 Å².